The molecule has 0 atom stereocenters. The molecule has 6 nitrogen and oxygen atoms in total. The molecule has 26 heavy (non-hydrogen) atoms. The van der Waals surface area contributed by atoms with Gasteiger partial charge in [0.2, 0.25) is 0 Å². The maximum absolute atomic E-state index is 12.5. The van der Waals surface area contributed by atoms with Crippen LogP contribution in [0.4, 0.5) is 0 Å². The Hall–Kier alpha value is -2.86. The third-order valence-electron chi connectivity index (χ3n) is 3.87. The molecule has 7 heteroatoms. The van der Waals surface area contributed by atoms with Crippen LogP contribution in [0.25, 0.3) is 5.69 Å². The zero-order valence-corrected chi connectivity index (χ0v) is 15.3. The summed E-state index contributed by atoms with van der Waals surface area (Å²) in [6.07, 6.45) is 0. The Morgan fingerprint density at radius 1 is 1.23 bits per heavy atom. The molecule has 0 fully saturated rings. The first-order chi connectivity index (χ1) is 12.6. The van der Waals surface area contributed by atoms with E-state index in [0.29, 0.717) is 23.9 Å². The van der Waals surface area contributed by atoms with Gasteiger partial charge in [0.05, 0.1) is 18.0 Å². The van der Waals surface area contributed by atoms with Crippen molar-refractivity contribution in [3.05, 3.63) is 70.5 Å². The largest absolute Gasteiger partial charge is 0.494 e. The average Bonchev–Trinajstić information content (AvgIpc) is 3.02. The van der Waals surface area contributed by atoms with Gasteiger partial charge in [-0.3, -0.25) is 4.79 Å². The van der Waals surface area contributed by atoms with Crippen molar-refractivity contribution in [2.75, 3.05) is 6.61 Å². The van der Waals surface area contributed by atoms with Crippen LogP contribution in [0.2, 0.25) is 5.02 Å². The van der Waals surface area contributed by atoms with Crippen molar-refractivity contribution in [3.63, 3.8) is 0 Å². The SMILES string of the molecule is CCOc1ccccc1CNC(=O)c1nnn(-c2cccc(Cl)c2)c1C. The van der Waals surface area contributed by atoms with Gasteiger partial charge in [-0.15, -0.1) is 5.10 Å². The second-order valence-corrected chi connectivity index (χ2v) is 6.07. The number of amides is 1. The van der Waals surface area contributed by atoms with E-state index in [1.54, 1.807) is 23.7 Å². The number of hydrogen-bond acceptors (Lipinski definition) is 4. The van der Waals surface area contributed by atoms with Crippen molar-refractivity contribution >= 4 is 17.5 Å². The Morgan fingerprint density at radius 3 is 2.81 bits per heavy atom. The quantitative estimate of drug-likeness (QED) is 0.720. The molecule has 0 aliphatic rings. The molecule has 0 aliphatic heterocycles. The average molecular weight is 371 g/mol. The van der Waals surface area contributed by atoms with Gasteiger partial charge in [0.25, 0.3) is 5.91 Å². The van der Waals surface area contributed by atoms with Gasteiger partial charge >= 0.3 is 0 Å². The lowest BCUT2D eigenvalue weighted by Crippen LogP contribution is -2.24. The molecule has 134 valence electrons. The van der Waals surface area contributed by atoms with Crippen LogP contribution in [0, 0.1) is 6.92 Å². The minimum absolute atomic E-state index is 0.277. The standard InChI is InChI=1S/C19H19ClN4O2/c1-3-26-17-10-5-4-7-14(17)12-21-19(25)18-13(2)24(23-22-18)16-9-6-8-15(20)11-16/h4-11H,3,12H2,1-2H3,(H,21,25). The smallest absolute Gasteiger partial charge is 0.274 e. The lowest BCUT2D eigenvalue weighted by molar-refractivity contribution is 0.0945. The van der Waals surface area contributed by atoms with Crippen molar-refractivity contribution in [1.82, 2.24) is 20.3 Å². The second-order valence-electron chi connectivity index (χ2n) is 5.64. The molecule has 0 saturated heterocycles. The third-order valence-corrected chi connectivity index (χ3v) is 4.11. The highest BCUT2D eigenvalue weighted by Crippen LogP contribution is 2.19. The van der Waals surface area contributed by atoms with Gasteiger partial charge < -0.3 is 10.1 Å². The Bertz CT molecular complexity index is 923. The number of carbonyl (C=O) groups excluding carboxylic acids is 1. The van der Waals surface area contributed by atoms with Crippen molar-refractivity contribution in [3.8, 4) is 11.4 Å². The molecule has 1 heterocycles. The minimum atomic E-state index is -0.290. The van der Waals surface area contributed by atoms with Crippen LogP contribution in [0.5, 0.6) is 5.75 Å². The molecular weight excluding hydrogens is 352 g/mol. The van der Waals surface area contributed by atoms with E-state index < -0.39 is 0 Å². The molecule has 0 spiro atoms. The molecule has 3 aromatic rings. The first-order valence-electron chi connectivity index (χ1n) is 8.27. The Morgan fingerprint density at radius 2 is 2.04 bits per heavy atom. The highest BCUT2D eigenvalue weighted by Gasteiger charge is 2.17. The van der Waals surface area contributed by atoms with Gasteiger partial charge in [0, 0.05) is 17.1 Å². The van der Waals surface area contributed by atoms with Crippen LogP contribution < -0.4 is 10.1 Å². The summed E-state index contributed by atoms with van der Waals surface area (Å²) in [7, 11) is 0. The van der Waals surface area contributed by atoms with Gasteiger partial charge in [-0.25, -0.2) is 4.68 Å². The third kappa shape index (κ3) is 3.86. The molecule has 0 unspecified atom stereocenters. The highest BCUT2D eigenvalue weighted by molar-refractivity contribution is 6.30. The number of benzene rings is 2. The predicted molar refractivity (Wildman–Crippen MR) is 99.9 cm³/mol. The van der Waals surface area contributed by atoms with Gasteiger partial charge in [0.15, 0.2) is 5.69 Å². The van der Waals surface area contributed by atoms with Crippen molar-refractivity contribution in [2.45, 2.75) is 20.4 Å². The Kier molecular flexibility index (Phi) is 5.53. The summed E-state index contributed by atoms with van der Waals surface area (Å²) in [5, 5.41) is 11.6. The zero-order valence-electron chi connectivity index (χ0n) is 14.6. The number of halogens is 1. The molecule has 1 aromatic heterocycles. The first-order valence-corrected chi connectivity index (χ1v) is 8.65. The van der Waals surface area contributed by atoms with E-state index in [9.17, 15) is 4.79 Å². The van der Waals surface area contributed by atoms with Crippen LogP contribution in [-0.2, 0) is 6.54 Å². The van der Waals surface area contributed by atoms with Crippen LogP contribution in [0.15, 0.2) is 48.5 Å². The van der Waals surface area contributed by atoms with E-state index in [2.05, 4.69) is 15.6 Å². The Labute approximate surface area is 156 Å². The molecule has 1 amide bonds. The van der Waals surface area contributed by atoms with Crippen LogP contribution >= 0.6 is 11.6 Å². The molecule has 0 aliphatic carbocycles. The van der Waals surface area contributed by atoms with E-state index >= 15 is 0 Å². The predicted octanol–water partition coefficient (Wildman–Crippen LogP) is 3.56. The summed E-state index contributed by atoms with van der Waals surface area (Å²) >= 11 is 6.02. The monoisotopic (exact) mass is 370 g/mol. The number of rotatable bonds is 6. The molecule has 2 aromatic carbocycles. The first kappa shape index (κ1) is 17.9. The highest BCUT2D eigenvalue weighted by atomic mass is 35.5. The zero-order chi connectivity index (χ0) is 18.5. The maximum Gasteiger partial charge on any atom is 0.274 e. The number of nitrogens with zero attached hydrogens (tertiary/aromatic N) is 3. The van der Waals surface area contributed by atoms with Crippen molar-refractivity contribution < 1.29 is 9.53 Å². The number of para-hydroxylation sites is 1. The fourth-order valence-electron chi connectivity index (χ4n) is 2.60. The lowest BCUT2D eigenvalue weighted by atomic mass is 10.2. The molecule has 0 bridgehead atoms. The van der Waals surface area contributed by atoms with Gasteiger partial charge in [-0.1, -0.05) is 41.1 Å². The summed E-state index contributed by atoms with van der Waals surface area (Å²) < 4.78 is 7.17. The van der Waals surface area contributed by atoms with Crippen LogP contribution in [-0.4, -0.2) is 27.5 Å². The molecule has 0 saturated carbocycles. The summed E-state index contributed by atoms with van der Waals surface area (Å²) in [6.45, 7) is 4.63. The van der Waals surface area contributed by atoms with E-state index in [0.717, 1.165) is 17.0 Å². The van der Waals surface area contributed by atoms with Crippen molar-refractivity contribution in [1.29, 1.82) is 0 Å². The minimum Gasteiger partial charge on any atom is -0.494 e. The second kappa shape index (κ2) is 8.01. The molecular formula is C19H19ClN4O2. The van der Waals surface area contributed by atoms with Crippen LogP contribution in [0.3, 0.4) is 0 Å². The summed E-state index contributed by atoms with van der Waals surface area (Å²) in [5.74, 6) is 0.469. The number of aromatic nitrogens is 3. The Balaban J connectivity index is 1.75. The summed E-state index contributed by atoms with van der Waals surface area (Å²) in [4.78, 5) is 12.5. The normalized spacial score (nSPS) is 10.6. The number of carbonyl (C=O) groups is 1. The molecule has 1 N–H and O–H groups in total. The topological polar surface area (TPSA) is 69.0 Å². The van der Waals surface area contributed by atoms with E-state index in [-0.39, 0.29) is 11.6 Å². The number of hydrogen-bond donors (Lipinski definition) is 1. The fourth-order valence-corrected chi connectivity index (χ4v) is 2.78. The lowest BCUT2D eigenvalue weighted by Gasteiger charge is -2.10. The summed E-state index contributed by atoms with van der Waals surface area (Å²) in [6, 6.07) is 14.8. The van der Waals surface area contributed by atoms with Crippen molar-refractivity contribution in [2.24, 2.45) is 0 Å². The van der Waals surface area contributed by atoms with E-state index in [1.165, 1.54) is 0 Å². The summed E-state index contributed by atoms with van der Waals surface area (Å²) in [5.41, 5.74) is 2.58. The van der Waals surface area contributed by atoms with Crippen LogP contribution in [0.1, 0.15) is 28.7 Å². The fraction of sp³-hybridized carbons (Fsp3) is 0.211. The molecule has 0 radical (unpaired) electrons. The van der Waals surface area contributed by atoms with Gasteiger partial charge in [-0.2, -0.15) is 0 Å². The van der Waals surface area contributed by atoms with Gasteiger partial charge in [-0.05, 0) is 38.1 Å². The number of nitrogens with one attached hydrogen (secondary N) is 1. The number of ether oxygens (including phenoxy) is 1. The maximum atomic E-state index is 12.5. The van der Waals surface area contributed by atoms with E-state index in [4.69, 9.17) is 16.3 Å². The molecule has 3 rings (SSSR count). The van der Waals surface area contributed by atoms with E-state index in [1.807, 2.05) is 43.3 Å². The van der Waals surface area contributed by atoms with Gasteiger partial charge in [0.1, 0.15) is 5.75 Å².